The Morgan fingerprint density at radius 3 is 2.58 bits per heavy atom. The number of carbonyl (C=O) groups excluding carboxylic acids is 2. The van der Waals surface area contributed by atoms with Gasteiger partial charge in [0, 0.05) is 47.5 Å². The van der Waals surface area contributed by atoms with Crippen molar-refractivity contribution >= 4 is 38.4 Å². The van der Waals surface area contributed by atoms with Crippen molar-refractivity contribution in [3.63, 3.8) is 0 Å². The second-order valence-electron chi connectivity index (χ2n) is 11.2. The van der Waals surface area contributed by atoms with E-state index in [9.17, 15) is 22.4 Å². The normalized spacial score (nSPS) is 13.2. The Kier molecular flexibility index (Phi) is 8.05. The molecule has 232 valence electrons. The van der Waals surface area contributed by atoms with Gasteiger partial charge in [-0.05, 0) is 30.7 Å². The summed E-state index contributed by atoms with van der Waals surface area (Å²) in [5, 5.41) is 0.504. The number of alkyl halides is 1. The quantitative estimate of drug-likeness (QED) is 0.191. The highest BCUT2D eigenvalue weighted by atomic mass is 32.2. The van der Waals surface area contributed by atoms with E-state index in [0.717, 1.165) is 27.5 Å². The fraction of sp³-hybridized carbons (Fsp3) is 0.265. The molecule has 0 saturated carbocycles. The van der Waals surface area contributed by atoms with E-state index in [1.807, 2.05) is 31.2 Å². The van der Waals surface area contributed by atoms with Gasteiger partial charge in [-0.25, -0.2) is 17.8 Å². The van der Waals surface area contributed by atoms with Gasteiger partial charge in [-0.15, -0.1) is 0 Å². The predicted molar refractivity (Wildman–Crippen MR) is 172 cm³/mol. The van der Waals surface area contributed by atoms with Crippen molar-refractivity contribution in [2.45, 2.75) is 33.2 Å². The first-order chi connectivity index (χ1) is 21.6. The van der Waals surface area contributed by atoms with E-state index in [1.165, 1.54) is 0 Å². The number of aryl methyl sites for hydroxylation is 1. The smallest absolute Gasteiger partial charge is 0.254 e. The fourth-order valence-corrected chi connectivity index (χ4v) is 6.77. The average Bonchev–Trinajstić information content (AvgIpc) is 3.66. The number of hydrogen-bond acceptors (Lipinski definition) is 6. The fourth-order valence-electron chi connectivity index (χ4n) is 5.86. The number of amides is 1. The number of rotatable bonds is 9. The highest BCUT2D eigenvalue weighted by Gasteiger charge is 2.28. The summed E-state index contributed by atoms with van der Waals surface area (Å²) in [6, 6.07) is 17.8. The third kappa shape index (κ3) is 5.75. The molecule has 0 atom stereocenters. The molecule has 1 aliphatic rings. The van der Waals surface area contributed by atoms with Gasteiger partial charge in [0.05, 0.1) is 48.3 Å². The zero-order valence-corrected chi connectivity index (χ0v) is 26.1. The Hall–Kier alpha value is -4.77. The van der Waals surface area contributed by atoms with Gasteiger partial charge in [0.15, 0.2) is 5.78 Å². The summed E-state index contributed by atoms with van der Waals surface area (Å²) >= 11 is 0. The molecule has 2 aromatic heterocycles. The van der Waals surface area contributed by atoms with E-state index in [2.05, 4.69) is 9.97 Å². The molecule has 0 spiro atoms. The monoisotopic (exact) mass is 628 g/mol. The number of fused-ring (bicyclic) bond motifs is 2. The van der Waals surface area contributed by atoms with Crippen molar-refractivity contribution in [3.8, 4) is 22.5 Å². The van der Waals surface area contributed by atoms with Crippen molar-refractivity contribution in [2.24, 2.45) is 0 Å². The van der Waals surface area contributed by atoms with Crippen LogP contribution in [0.5, 0.6) is 0 Å². The van der Waals surface area contributed by atoms with Gasteiger partial charge in [-0.2, -0.15) is 0 Å². The van der Waals surface area contributed by atoms with Gasteiger partial charge in [0.1, 0.15) is 18.0 Å². The van der Waals surface area contributed by atoms with E-state index < -0.39 is 23.2 Å². The maximum absolute atomic E-state index is 13.8. The molecule has 9 nitrogen and oxygen atoms in total. The molecule has 0 radical (unpaired) electrons. The van der Waals surface area contributed by atoms with Crippen molar-refractivity contribution in [1.29, 1.82) is 0 Å². The number of halogens is 1. The average molecular weight is 629 g/mol. The third-order valence-electron chi connectivity index (χ3n) is 8.16. The zero-order chi connectivity index (χ0) is 31.9. The van der Waals surface area contributed by atoms with E-state index in [4.69, 9.17) is 4.42 Å². The number of aromatic amines is 1. The molecule has 0 aliphatic carbocycles. The molecule has 45 heavy (non-hydrogen) atoms. The van der Waals surface area contributed by atoms with E-state index in [0.29, 0.717) is 64.1 Å². The van der Waals surface area contributed by atoms with Crippen LogP contribution >= 0.6 is 0 Å². The van der Waals surface area contributed by atoms with Crippen LogP contribution in [0.15, 0.2) is 71.4 Å². The van der Waals surface area contributed by atoms with Gasteiger partial charge < -0.3 is 14.3 Å². The lowest BCUT2D eigenvalue weighted by Crippen LogP contribution is -2.36. The number of carbonyl (C=O) groups is 2. The zero-order valence-electron chi connectivity index (χ0n) is 25.3. The minimum absolute atomic E-state index is 0.140. The lowest BCUT2D eigenvalue weighted by Gasteiger charge is -2.27. The highest BCUT2D eigenvalue weighted by Crippen LogP contribution is 2.42. The van der Waals surface area contributed by atoms with Crippen molar-refractivity contribution in [1.82, 2.24) is 14.9 Å². The number of imidazole rings is 1. The lowest BCUT2D eigenvalue weighted by molar-refractivity contribution is 0.0731. The standard InChI is InChI=1S/C34H33FN4O5S/c1-4-30(40)32-26-17-25(23-6-5-7-24(16-23)34(41)38-14-12-27-28(19-38)37-20-36-27)29(39(15-13-35)45(3,42)43)18-31(26)44-33(32)22-10-8-21(2)9-11-22/h5-11,16-18,20H,4,12-15,19H2,1-3H3,(H,36,37). The summed E-state index contributed by atoms with van der Waals surface area (Å²) in [4.78, 5) is 36.2. The van der Waals surface area contributed by atoms with Crippen LogP contribution in [0.25, 0.3) is 33.4 Å². The van der Waals surface area contributed by atoms with Crippen LogP contribution in [0.3, 0.4) is 0 Å². The van der Waals surface area contributed by atoms with Gasteiger partial charge in [0.25, 0.3) is 5.91 Å². The molecule has 1 aliphatic heterocycles. The molecule has 1 N–H and O–H groups in total. The van der Waals surface area contributed by atoms with Gasteiger partial charge in [0.2, 0.25) is 10.0 Å². The highest BCUT2D eigenvalue weighted by molar-refractivity contribution is 7.92. The number of nitrogens with one attached hydrogen (secondary N) is 1. The van der Waals surface area contributed by atoms with Crippen LogP contribution in [0.4, 0.5) is 10.1 Å². The largest absolute Gasteiger partial charge is 0.455 e. The van der Waals surface area contributed by atoms with Crippen molar-refractivity contribution in [3.05, 3.63) is 95.1 Å². The first-order valence-corrected chi connectivity index (χ1v) is 16.6. The molecule has 3 aromatic carbocycles. The Balaban J connectivity index is 1.54. The lowest BCUT2D eigenvalue weighted by atomic mass is 9.95. The molecule has 0 bridgehead atoms. The van der Waals surface area contributed by atoms with Crippen LogP contribution in [0, 0.1) is 6.92 Å². The first kappa shape index (κ1) is 30.3. The molecule has 0 fully saturated rings. The summed E-state index contributed by atoms with van der Waals surface area (Å²) in [7, 11) is -3.93. The molecule has 0 unspecified atom stereocenters. The van der Waals surface area contributed by atoms with Crippen LogP contribution in [0.1, 0.15) is 51.0 Å². The molecule has 0 saturated heterocycles. The minimum Gasteiger partial charge on any atom is -0.455 e. The summed E-state index contributed by atoms with van der Waals surface area (Å²) < 4.78 is 47.1. The van der Waals surface area contributed by atoms with Crippen molar-refractivity contribution < 1.29 is 26.8 Å². The number of anilines is 1. The number of H-pyrrole nitrogens is 1. The van der Waals surface area contributed by atoms with Gasteiger partial charge in [-0.1, -0.05) is 48.9 Å². The summed E-state index contributed by atoms with van der Waals surface area (Å²) in [6.45, 7) is 3.30. The molecule has 1 amide bonds. The number of aromatic nitrogens is 2. The summed E-state index contributed by atoms with van der Waals surface area (Å²) in [5.74, 6) is 0.0535. The Morgan fingerprint density at radius 2 is 1.87 bits per heavy atom. The number of ketones is 1. The first-order valence-electron chi connectivity index (χ1n) is 14.7. The minimum atomic E-state index is -3.93. The predicted octanol–water partition coefficient (Wildman–Crippen LogP) is 6.33. The van der Waals surface area contributed by atoms with Crippen LogP contribution in [0.2, 0.25) is 0 Å². The maximum atomic E-state index is 13.8. The van der Waals surface area contributed by atoms with E-state index in [-0.39, 0.29) is 23.8 Å². The van der Waals surface area contributed by atoms with Gasteiger partial charge >= 0.3 is 0 Å². The number of sulfonamides is 1. The van der Waals surface area contributed by atoms with E-state index in [1.54, 1.807) is 54.5 Å². The summed E-state index contributed by atoms with van der Waals surface area (Å²) in [5.41, 5.74) is 5.83. The SMILES string of the molecule is CCC(=O)c1c(-c2ccc(C)cc2)oc2cc(N(CCF)S(C)(=O)=O)c(-c3cccc(C(=O)N4CCc5nc[nH]c5C4)c3)cc12. The van der Waals surface area contributed by atoms with Gasteiger partial charge in [-0.3, -0.25) is 13.9 Å². The topological polar surface area (TPSA) is 117 Å². The number of benzene rings is 3. The third-order valence-corrected chi connectivity index (χ3v) is 9.34. The molecule has 5 aromatic rings. The number of Topliss-reactive ketones (excluding diaryl/α,β-unsaturated/α-hetero) is 1. The second kappa shape index (κ2) is 12.0. The van der Waals surface area contributed by atoms with Crippen LogP contribution < -0.4 is 4.31 Å². The Labute approximate surface area is 260 Å². The molecule has 3 heterocycles. The number of furan rings is 1. The van der Waals surface area contributed by atoms with Crippen LogP contribution in [-0.2, 0) is 23.0 Å². The molecule has 6 rings (SSSR count). The Morgan fingerprint density at radius 1 is 1.09 bits per heavy atom. The van der Waals surface area contributed by atoms with Crippen LogP contribution in [-0.4, -0.2) is 61.0 Å². The molecule has 11 heteroatoms. The van der Waals surface area contributed by atoms with Crippen molar-refractivity contribution in [2.75, 3.05) is 30.3 Å². The Bertz CT molecular complexity index is 2030. The number of hydrogen-bond donors (Lipinski definition) is 1. The molecular formula is C34H33FN4O5S. The number of nitrogens with zero attached hydrogens (tertiary/aromatic N) is 3. The summed E-state index contributed by atoms with van der Waals surface area (Å²) in [6.07, 6.45) is 3.50. The van der Waals surface area contributed by atoms with E-state index >= 15 is 0 Å². The second-order valence-corrected chi connectivity index (χ2v) is 13.1. The molecular weight excluding hydrogens is 595 g/mol. The maximum Gasteiger partial charge on any atom is 0.254 e.